The zero-order valence-electron chi connectivity index (χ0n) is 17.8. The molecule has 0 amide bonds. The number of aryl methyl sites for hydroxylation is 1. The van der Waals surface area contributed by atoms with E-state index in [2.05, 4.69) is 0 Å². The van der Waals surface area contributed by atoms with Crippen LogP contribution in [-0.4, -0.2) is 40.9 Å². The Morgan fingerprint density at radius 2 is 1.74 bits per heavy atom. The molecular weight excluding hydrogens is 401 g/mol. The van der Waals surface area contributed by atoms with Crippen LogP contribution in [0, 0.1) is 5.82 Å². The largest absolute Gasteiger partial charge is 0.493 e. The Labute approximate surface area is 179 Å². The topological polar surface area (TPSA) is 76.7 Å². The van der Waals surface area contributed by atoms with Gasteiger partial charge in [0, 0.05) is 26.3 Å². The first-order valence-electron chi connectivity index (χ1n) is 10.0. The number of nitrogens with zero attached hydrogens (tertiary/aromatic N) is 3. The van der Waals surface area contributed by atoms with Crippen LogP contribution in [0.3, 0.4) is 0 Å². The number of hydrogen-bond donors (Lipinski definition) is 1. The number of carbonyl (C=O) groups is 1. The SMILES string of the molecule is CCOC(=O)Cc1c(O)n(-c2ccc(F)cc2)c(=O)n1CCc1ccc(N(C)C)cc1. The Kier molecular flexibility index (Phi) is 6.79. The maximum Gasteiger partial charge on any atom is 0.335 e. The normalized spacial score (nSPS) is 10.8. The average molecular weight is 427 g/mol. The van der Waals surface area contributed by atoms with Crippen LogP contribution in [0.15, 0.2) is 53.3 Å². The highest BCUT2D eigenvalue weighted by atomic mass is 19.1. The van der Waals surface area contributed by atoms with Crippen molar-refractivity contribution in [3.8, 4) is 11.6 Å². The summed E-state index contributed by atoms with van der Waals surface area (Å²) >= 11 is 0. The molecule has 164 valence electrons. The molecule has 2 aromatic carbocycles. The summed E-state index contributed by atoms with van der Waals surface area (Å²) in [6.07, 6.45) is 0.277. The molecule has 8 heteroatoms. The molecule has 0 saturated carbocycles. The van der Waals surface area contributed by atoms with E-state index in [-0.39, 0.29) is 31.1 Å². The minimum absolute atomic E-state index is 0.165. The number of anilines is 1. The number of carbonyl (C=O) groups excluding carboxylic acids is 1. The van der Waals surface area contributed by atoms with Gasteiger partial charge in [0.25, 0.3) is 0 Å². The van der Waals surface area contributed by atoms with Crippen LogP contribution in [0.2, 0.25) is 0 Å². The molecule has 3 aromatic rings. The van der Waals surface area contributed by atoms with E-state index in [1.165, 1.54) is 28.8 Å². The number of halogens is 1. The molecule has 7 nitrogen and oxygen atoms in total. The number of benzene rings is 2. The van der Waals surface area contributed by atoms with Gasteiger partial charge in [0.15, 0.2) is 0 Å². The highest BCUT2D eigenvalue weighted by Gasteiger charge is 2.23. The molecule has 31 heavy (non-hydrogen) atoms. The lowest BCUT2D eigenvalue weighted by Gasteiger charge is -2.13. The highest BCUT2D eigenvalue weighted by Crippen LogP contribution is 2.22. The summed E-state index contributed by atoms with van der Waals surface area (Å²) < 4.78 is 20.8. The summed E-state index contributed by atoms with van der Waals surface area (Å²) in [5.74, 6) is -1.35. The molecule has 3 rings (SSSR count). The van der Waals surface area contributed by atoms with Crippen LogP contribution >= 0.6 is 0 Å². The molecule has 0 aliphatic carbocycles. The van der Waals surface area contributed by atoms with E-state index in [0.717, 1.165) is 15.8 Å². The number of imidazole rings is 1. The number of esters is 1. The van der Waals surface area contributed by atoms with Gasteiger partial charge < -0.3 is 14.7 Å². The lowest BCUT2D eigenvalue weighted by molar-refractivity contribution is -0.142. The second-order valence-corrected chi connectivity index (χ2v) is 7.31. The molecule has 0 unspecified atom stereocenters. The van der Waals surface area contributed by atoms with Gasteiger partial charge >= 0.3 is 11.7 Å². The molecule has 0 radical (unpaired) electrons. The van der Waals surface area contributed by atoms with Crippen LogP contribution in [0.1, 0.15) is 18.2 Å². The smallest absolute Gasteiger partial charge is 0.335 e. The third kappa shape index (κ3) is 4.96. The van der Waals surface area contributed by atoms with Crippen molar-refractivity contribution < 1.29 is 19.0 Å². The van der Waals surface area contributed by atoms with Crippen LogP contribution in [0.25, 0.3) is 5.69 Å². The third-order valence-corrected chi connectivity index (χ3v) is 5.00. The van der Waals surface area contributed by atoms with Crippen LogP contribution in [0.5, 0.6) is 5.88 Å². The Hall–Kier alpha value is -3.55. The van der Waals surface area contributed by atoms with Gasteiger partial charge in [-0.15, -0.1) is 0 Å². The predicted octanol–water partition coefficient (Wildman–Crippen LogP) is 2.90. The van der Waals surface area contributed by atoms with Crippen molar-refractivity contribution >= 4 is 11.7 Å². The van der Waals surface area contributed by atoms with E-state index in [1.54, 1.807) is 6.92 Å². The molecule has 0 bridgehead atoms. The Balaban J connectivity index is 1.96. The third-order valence-electron chi connectivity index (χ3n) is 5.00. The summed E-state index contributed by atoms with van der Waals surface area (Å²) in [7, 11) is 3.91. The van der Waals surface area contributed by atoms with Gasteiger partial charge in [0.05, 0.1) is 24.4 Å². The van der Waals surface area contributed by atoms with Gasteiger partial charge in [-0.3, -0.25) is 9.36 Å². The molecule has 0 saturated heterocycles. The molecular formula is C23H26FN3O4. The number of ether oxygens (including phenoxy) is 1. The van der Waals surface area contributed by atoms with Crippen molar-refractivity contribution in [1.29, 1.82) is 0 Å². The average Bonchev–Trinajstić information content (AvgIpc) is 2.97. The number of aromatic hydroxyl groups is 1. The maximum absolute atomic E-state index is 13.3. The maximum atomic E-state index is 13.3. The van der Waals surface area contributed by atoms with Crippen molar-refractivity contribution in [1.82, 2.24) is 9.13 Å². The molecule has 1 aromatic heterocycles. The van der Waals surface area contributed by atoms with E-state index < -0.39 is 17.5 Å². The van der Waals surface area contributed by atoms with E-state index in [1.807, 2.05) is 43.3 Å². The van der Waals surface area contributed by atoms with Crippen molar-refractivity contribution in [2.24, 2.45) is 0 Å². The summed E-state index contributed by atoms with van der Waals surface area (Å²) in [6, 6.07) is 13.1. The van der Waals surface area contributed by atoms with Crippen molar-refractivity contribution in [3.63, 3.8) is 0 Å². The highest BCUT2D eigenvalue weighted by molar-refractivity contribution is 5.72. The van der Waals surface area contributed by atoms with E-state index in [0.29, 0.717) is 12.1 Å². The van der Waals surface area contributed by atoms with Gasteiger partial charge in [0.1, 0.15) is 5.82 Å². The fourth-order valence-electron chi connectivity index (χ4n) is 3.35. The van der Waals surface area contributed by atoms with Crippen molar-refractivity contribution in [2.75, 3.05) is 25.6 Å². The van der Waals surface area contributed by atoms with Gasteiger partial charge in [-0.05, 0) is 55.3 Å². The van der Waals surface area contributed by atoms with Crippen LogP contribution < -0.4 is 10.6 Å². The Morgan fingerprint density at radius 1 is 1.10 bits per heavy atom. The van der Waals surface area contributed by atoms with E-state index >= 15 is 0 Å². The summed E-state index contributed by atoms with van der Waals surface area (Å²) in [6.45, 7) is 2.14. The molecule has 0 spiro atoms. The van der Waals surface area contributed by atoms with E-state index in [4.69, 9.17) is 4.74 Å². The number of aromatic nitrogens is 2. The monoisotopic (exact) mass is 427 g/mol. The van der Waals surface area contributed by atoms with Gasteiger partial charge in [-0.1, -0.05) is 12.1 Å². The molecule has 0 atom stereocenters. The number of rotatable bonds is 8. The predicted molar refractivity (Wildman–Crippen MR) is 116 cm³/mol. The first kappa shape index (κ1) is 22.1. The Bertz CT molecular complexity index is 1100. The van der Waals surface area contributed by atoms with Gasteiger partial charge in [-0.25, -0.2) is 13.8 Å². The number of hydrogen-bond acceptors (Lipinski definition) is 5. The summed E-state index contributed by atoms with van der Waals surface area (Å²) in [5, 5.41) is 10.8. The quantitative estimate of drug-likeness (QED) is 0.560. The lowest BCUT2D eigenvalue weighted by atomic mass is 10.1. The Morgan fingerprint density at radius 3 is 2.32 bits per heavy atom. The second kappa shape index (κ2) is 9.51. The summed E-state index contributed by atoms with van der Waals surface area (Å²) in [4.78, 5) is 27.2. The van der Waals surface area contributed by atoms with Gasteiger partial charge in [0.2, 0.25) is 5.88 Å². The standard InChI is InChI=1S/C23H26FN3O4/c1-4-31-21(28)15-20-22(29)27(19-11-7-17(24)8-12-19)23(30)26(20)14-13-16-5-9-18(10-6-16)25(2)3/h5-12,29H,4,13-15H2,1-3H3. The first-order valence-corrected chi connectivity index (χ1v) is 10.0. The molecule has 0 fully saturated rings. The zero-order chi connectivity index (χ0) is 22.5. The van der Waals surface area contributed by atoms with Crippen LogP contribution in [0.4, 0.5) is 10.1 Å². The van der Waals surface area contributed by atoms with Gasteiger partial charge in [-0.2, -0.15) is 0 Å². The molecule has 1 heterocycles. The zero-order valence-corrected chi connectivity index (χ0v) is 17.8. The van der Waals surface area contributed by atoms with Crippen molar-refractivity contribution in [2.45, 2.75) is 26.3 Å². The van der Waals surface area contributed by atoms with Crippen molar-refractivity contribution in [3.05, 3.63) is 76.1 Å². The minimum atomic E-state index is -0.543. The fraction of sp³-hybridized carbons (Fsp3) is 0.304. The fourth-order valence-corrected chi connectivity index (χ4v) is 3.35. The molecule has 0 aliphatic heterocycles. The second-order valence-electron chi connectivity index (χ2n) is 7.31. The van der Waals surface area contributed by atoms with E-state index in [9.17, 15) is 19.1 Å². The molecule has 1 N–H and O–H groups in total. The molecule has 0 aliphatic rings. The first-order chi connectivity index (χ1) is 14.8. The summed E-state index contributed by atoms with van der Waals surface area (Å²) in [5.41, 5.74) is 2.03. The van der Waals surface area contributed by atoms with Crippen LogP contribution in [-0.2, 0) is 28.9 Å². The minimum Gasteiger partial charge on any atom is -0.493 e. The lowest BCUT2D eigenvalue weighted by Crippen LogP contribution is -2.26.